The minimum Gasteiger partial charge on any atom is -0.481 e. The molecule has 2 amide bonds. The third kappa shape index (κ3) is 3.34. The van der Waals surface area contributed by atoms with Gasteiger partial charge in [0.05, 0.1) is 17.5 Å². The highest BCUT2D eigenvalue weighted by Gasteiger charge is 2.41. The van der Waals surface area contributed by atoms with Gasteiger partial charge >= 0.3 is 5.97 Å². The first-order valence-corrected chi connectivity index (χ1v) is 8.63. The van der Waals surface area contributed by atoms with Crippen molar-refractivity contribution in [3.8, 4) is 0 Å². The summed E-state index contributed by atoms with van der Waals surface area (Å²) in [6, 6.07) is 9.43. The van der Waals surface area contributed by atoms with Crippen molar-refractivity contribution >= 4 is 29.5 Å². The molecular formula is C16H18N2O4S. The zero-order valence-corrected chi connectivity index (χ0v) is 13.4. The largest absolute Gasteiger partial charge is 0.481 e. The Morgan fingerprint density at radius 3 is 2.57 bits per heavy atom. The van der Waals surface area contributed by atoms with Gasteiger partial charge in [0.25, 0.3) is 0 Å². The van der Waals surface area contributed by atoms with Crippen LogP contribution in [0.2, 0.25) is 0 Å². The smallest absolute Gasteiger partial charge is 0.308 e. The van der Waals surface area contributed by atoms with Crippen LogP contribution >= 0.6 is 11.8 Å². The summed E-state index contributed by atoms with van der Waals surface area (Å²) in [7, 11) is 0. The molecule has 6 nitrogen and oxygen atoms in total. The van der Waals surface area contributed by atoms with Crippen LogP contribution in [-0.4, -0.2) is 64.0 Å². The van der Waals surface area contributed by atoms with Crippen molar-refractivity contribution in [2.45, 2.75) is 5.92 Å². The van der Waals surface area contributed by atoms with E-state index in [-0.39, 0.29) is 30.8 Å². The van der Waals surface area contributed by atoms with E-state index < -0.39 is 11.9 Å². The molecule has 1 N–H and O–H groups in total. The lowest BCUT2D eigenvalue weighted by Gasteiger charge is -2.20. The fourth-order valence-corrected chi connectivity index (χ4v) is 4.00. The van der Waals surface area contributed by atoms with Gasteiger partial charge in [0.2, 0.25) is 11.8 Å². The summed E-state index contributed by atoms with van der Waals surface area (Å²) in [5, 5.41) is 9.46. The predicted octanol–water partition coefficient (Wildman–Crippen LogP) is 0.846. The molecule has 2 saturated heterocycles. The third-order valence-corrected chi connectivity index (χ3v) is 5.31. The second-order valence-corrected chi connectivity index (χ2v) is 6.78. The molecule has 0 spiro atoms. The number of thioether (sulfide) groups is 1. The number of carbonyl (C=O) groups excluding carboxylic acids is 2. The van der Waals surface area contributed by atoms with Crippen LogP contribution < -0.4 is 0 Å². The van der Waals surface area contributed by atoms with Crippen LogP contribution in [0.5, 0.6) is 0 Å². The number of amides is 2. The summed E-state index contributed by atoms with van der Waals surface area (Å²) in [5.74, 6) is -0.962. The monoisotopic (exact) mass is 334 g/mol. The Balaban J connectivity index is 1.71. The number of nitrogens with zero attached hydrogens (tertiary/aromatic N) is 2. The molecule has 0 aromatic heterocycles. The number of carboxylic acids is 1. The van der Waals surface area contributed by atoms with Gasteiger partial charge in [0, 0.05) is 19.0 Å². The van der Waals surface area contributed by atoms with Gasteiger partial charge in [-0.05, 0) is 5.56 Å². The number of carboxylic acid groups (broad SMARTS) is 1. The molecule has 1 aromatic carbocycles. The van der Waals surface area contributed by atoms with Crippen LogP contribution in [0.1, 0.15) is 11.5 Å². The van der Waals surface area contributed by atoms with Crippen molar-refractivity contribution in [1.82, 2.24) is 9.80 Å². The molecule has 2 aliphatic rings. The highest BCUT2D eigenvalue weighted by molar-refractivity contribution is 8.00. The lowest BCUT2D eigenvalue weighted by molar-refractivity contribution is -0.142. The summed E-state index contributed by atoms with van der Waals surface area (Å²) >= 11 is 1.49. The van der Waals surface area contributed by atoms with E-state index in [0.29, 0.717) is 18.2 Å². The van der Waals surface area contributed by atoms with Crippen molar-refractivity contribution in [3.05, 3.63) is 35.9 Å². The molecule has 2 heterocycles. The quantitative estimate of drug-likeness (QED) is 0.883. The molecule has 2 fully saturated rings. The van der Waals surface area contributed by atoms with Gasteiger partial charge in [-0.3, -0.25) is 14.4 Å². The maximum absolute atomic E-state index is 12.4. The molecular weight excluding hydrogens is 316 g/mol. The topological polar surface area (TPSA) is 77.9 Å². The van der Waals surface area contributed by atoms with Crippen molar-refractivity contribution in [2.75, 3.05) is 31.3 Å². The van der Waals surface area contributed by atoms with E-state index in [4.69, 9.17) is 0 Å². The highest BCUT2D eigenvalue weighted by atomic mass is 32.2. The van der Waals surface area contributed by atoms with Crippen LogP contribution in [0, 0.1) is 5.92 Å². The van der Waals surface area contributed by atoms with Gasteiger partial charge in [-0.2, -0.15) is 0 Å². The molecule has 0 bridgehead atoms. The molecule has 3 rings (SSSR count). The first-order valence-electron chi connectivity index (χ1n) is 7.47. The van der Waals surface area contributed by atoms with E-state index >= 15 is 0 Å². The minimum atomic E-state index is -0.887. The average Bonchev–Trinajstić information content (AvgIpc) is 3.15. The van der Waals surface area contributed by atoms with E-state index in [1.54, 1.807) is 4.90 Å². The van der Waals surface area contributed by atoms with Crippen molar-refractivity contribution in [1.29, 1.82) is 0 Å². The Labute approximate surface area is 138 Å². The number of benzene rings is 1. The van der Waals surface area contributed by atoms with Gasteiger partial charge < -0.3 is 14.9 Å². The number of likely N-dealkylation sites (tertiary alicyclic amines) is 1. The summed E-state index contributed by atoms with van der Waals surface area (Å²) < 4.78 is 0. The molecule has 2 atom stereocenters. The number of carbonyl (C=O) groups is 3. The van der Waals surface area contributed by atoms with Gasteiger partial charge in [0.15, 0.2) is 0 Å². The number of hydrogen-bond donors (Lipinski definition) is 1. The van der Waals surface area contributed by atoms with Crippen LogP contribution in [0.3, 0.4) is 0 Å². The summed E-state index contributed by atoms with van der Waals surface area (Å²) in [4.78, 5) is 38.7. The second-order valence-electron chi connectivity index (χ2n) is 5.83. The van der Waals surface area contributed by atoms with E-state index in [1.807, 2.05) is 30.3 Å². The zero-order chi connectivity index (χ0) is 16.4. The van der Waals surface area contributed by atoms with Crippen LogP contribution in [0.15, 0.2) is 30.3 Å². The van der Waals surface area contributed by atoms with Gasteiger partial charge in [-0.15, -0.1) is 11.8 Å². The number of hydrogen-bond acceptors (Lipinski definition) is 4. The Morgan fingerprint density at radius 2 is 1.96 bits per heavy atom. The first kappa shape index (κ1) is 15.9. The molecule has 0 radical (unpaired) electrons. The SMILES string of the molecule is O=C(O)[C@@H]1CN(C(=O)CN2CSCC2=O)C[C@@H]1c1ccccc1. The van der Waals surface area contributed by atoms with E-state index in [1.165, 1.54) is 16.7 Å². The number of rotatable bonds is 4. The lowest BCUT2D eigenvalue weighted by Crippen LogP contribution is -2.40. The summed E-state index contributed by atoms with van der Waals surface area (Å²) in [6.45, 7) is 0.623. The molecule has 122 valence electrons. The van der Waals surface area contributed by atoms with E-state index in [0.717, 1.165) is 5.56 Å². The molecule has 7 heteroatoms. The highest BCUT2D eigenvalue weighted by Crippen LogP contribution is 2.33. The Hall–Kier alpha value is -2.02. The Kier molecular flexibility index (Phi) is 4.56. The van der Waals surface area contributed by atoms with Crippen molar-refractivity contribution < 1.29 is 19.5 Å². The second kappa shape index (κ2) is 6.62. The lowest BCUT2D eigenvalue weighted by atomic mass is 9.89. The van der Waals surface area contributed by atoms with Gasteiger partial charge in [-0.1, -0.05) is 30.3 Å². The summed E-state index contributed by atoms with van der Waals surface area (Å²) in [5.41, 5.74) is 0.933. The summed E-state index contributed by atoms with van der Waals surface area (Å²) in [6.07, 6.45) is 0. The molecule has 0 saturated carbocycles. The zero-order valence-electron chi connectivity index (χ0n) is 12.6. The minimum absolute atomic E-state index is 0.0306. The molecule has 1 aromatic rings. The maximum atomic E-state index is 12.4. The van der Waals surface area contributed by atoms with E-state index in [2.05, 4.69) is 0 Å². The normalized spacial score (nSPS) is 24.3. The Morgan fingerprint density at radius 1 is 1.22 bits per heavy atom. The fourth-order valence-electron chi connectivity index (χ4n) is 3.10. The van der Waals surface area contributed by atoms with Crippen LogP contribution in [-0.2, 0) is 14.4 Å². The predicted molar refractivity (Wildman–Crippen MR) is 85.9 cm³/mol. The van der Waals surface area contributed by atoms with Crippen LogP contribution in [0.4, 0.5) is 0 Å². The van der Waals surface area contributed by atoms with Gasteiger partial charge in [-0.25, -0.2) is 0 Å². The molecule has 2 aliphatic heterocycles. The molecule has 23 heavy (non-hydrogen) atoms. The van der Waals surface area contributed by atoms with Crippen LogP contribution in [0.25, 0.3) is 0 Å². The molecule has 0 aliphatic carbocycles. The third-order valence-electron chi connectivity index (χ3n) is 4.37. The average molecular weight is 334 g/mol. The standard InChI is InChI=1S/C16H18N2O4S/c19-14(8-18-10-23-9-15(18)20)17-6-12(13(7-17)16(21)22)11-4-2-1-3-5-11/h1-5,12-13H,6-10H2,(H,21,22)/t12-,13-/m1/s1. The first-order chi connectivity index (χ1) is 11.1. The van der Waals surface area contributed by atoms with Gasteiger partial charge in [0.1, 0.15) is 6.54 Å². The molecule has 0 unspecified atom stereocenters. The Bertz CT molecular complexity index is 622. The van der Waals surface area contributed by atoms with E-state index in [9.17, 15) is 19.5 Å². The number of aliphatic carboxylic acids is 1. The van der Waals surface area contributed by atoms with Crippen molar-refractivity contribution in [3.63, 3.8) is 0 Å². The maximum Gasteiger partial charge on any atom is 0.308 e. The fraction of sp³-hybridized carbons (Fsp3) is 0.438. The van der Waals surface area contributed by atoms with Crippen molar-refractivity contribution in [2.24, 2.45) is 5.92 Å².